The summed E-state index contributed by atoms with van der Waals surface area (Å²) in [6, 6.07) is 0. The van der Waals surface area contributed by atoms with Crippen LogP contribution in [0.1, 0.15) is 0 Å². The molecule has 0 aliphatic heterocycles. The molecule has 1 unspecified atom stereocenters. The minimum absolute atomic E-state index is 1.63. The van der Waals surface area contributed by atoms with Crippen LogP contribution in [0.2, 0.25) is 0 Å². The first-order valence-electron chi connectivity index (χ1n) is 1.62. The monoisotopic (exact) mass is 233 g/mol. The van der Waals surface area contributed by atoms with Gasteiger partial charge < -0.3 is 0 Å². The molecule has 0 saturated carbocycles. The molecule has 1 atom stereocenters. The Morgan fingerprint density at radius 1 is 1.56 bits per heavy atom. The third kappa shape index (κ3) is 8.68. The van der Waals surface area contributed by atoms with Gasteiger partial charge in [0.05, 0.1) is 0 Å². The quantitative estimate of drug-likeness (QED) is 0.355. The molecule has 0 aliphatic rings. The zero-order valence-corrected chi connectivity index (χ0v) is 7.73. The van der Waals surface area contributed by atoms with Crippen molar-refractivity contribution in [2.24, 2.45) is 0 Å². The fraction of sp³-hybridized carbons (Fsp3) is 0. The van der Waals surface area contributed by atoms with Gasteiger partial charge in [0.2, 0.25) is 0 Å². The van der Waals surface area contributed by atoms with Crippen molar-refractivity contribution < 1.29 is 27.3 Å². The Balaban J connectivity index is 3.39. The van der Waals surface area contributed by atoms with Crippen LogP contribution in [0.25, 0.3) is 0 Å². The van der Waals surface area contributed by atoms with E-state index >= 15 is 0 Å². The average Bonchev–Trinajstić information content (AvgIpc) is 1.59. The molecule has 3 N–H and O–H groups in total. The van der Waals surface area contributed by atoms with Crippen molar-refractivity contribution in [3.05, 3.63) is 0 Å². The minimum atomic E-state index is -4.56. The zero-order valence-electron chi connectivity index (χ0n) is 3.96. The molecular formula is H3AsO6PSi. The summed E-state index contributed by atoms with van der Waals surface area (Å²) in [5.74, 6) is 0. The molecule has 0 aromatic rings. The second-order valence-corrected chi connectivity index (χ2v) is 7.19. The molecule has 0 aromatic carbocycles. The maximum absolute atomic E-state index is 9.69. The molecule has 0 aliphatic carbocycles. The normalized spacial score (nSPS) is 14.9. The zero-order chi connectivity index (χ0) is 7.49. The molecular weight excluding hydrogens is 230 g/mol. The first-order valence-corrected chi connectivity index (χ1v) is 7.79. The van der Waals surface area contributed by atoms with E-state index in [2.05, 4.69) is 3.42 Å². The van der Waals surface area contributed by atoms with Crippen LogP contribution >= 0.6 is 6.59 Å². The Hall–Kier alpha value is 0.675. The molecule has 9 heteroatoms. The van der Waals surface area contributed by atoms with Gasteiger partial charge >= 0.3 is 58.5 Å². The van der Waals surface area contributed by atoms with Crippen molar-refractivity contribution in [2.75, 3.05) is 0 Å². The topological polar surface area (TPSA) is 110 Å². The fourth-order valence-corrected chi connectivity index (χ4v) is 4.12. The van der Waals surface area contributed by atoms with Crippen molar-refractivity contribution in [1.82, 2.24) is 0 Å². The summed E-state index contributed by atoms with van der Waals surface area (Å²) in [4.78, 5) is 33.8. The number of hydrogen-bond donors (Lipinski definition) is 3. The average molecular weight is 233 g/mol. The maximum atomic E-state index is 9.69. The van der Waals surface area contributed by atoms with Crippen LogP contribution in [0, 0.1) is 0 Å². The van der Waals surface area contributed by atoms with E-state index in [4.69, 9.17) is 14.4 Å². The van der Waals surface area contributed by atoms with E-state index in [0.717, 1.165) is 0 Å². The summed E-state index contributed by atoms with van der Waals surface area (Å²) < 4.78 is 13.5. The van der Waals surface area contributed by atoms with Gasteiger partial charge in [-0.25, -0.2) is 0 Å². The van der Waals surface area contributed by atoms with Crippen molar-refractivity contribution in [2.45, 2.75) is 0 Å². The van der Waals surface area contributed by atoms with E-state index in [1.165, 1.54) is 0 Å². The molecule has 0 saturated heterocycles. The number of rotatable bonds is 3. The molecule has 1 radical (unpaired) electrons. The van der Waals surface area contributed by atoms with Gasteiger partial charge in [0.1, 0.15) is 0 Å². The van der Waals surface area contributed by atoms with Crippen LogP contribution in [0.4, 0.5) is 0 Å². The summed E-state index contributed by atoms with van der Waals surface area (Å²) in [7, 11) is -4.56. The summed E-state index contributed by atoms with van der Waals surface area (Å²) in [5, 5.41) is 0. The van der Waals surface area contributed by atoms with Crippen molar-refractivity contribution in [3.63, 3.8) is 0 Å². The first-order chi connectivity index (χ1) is 3.92. The Kier molecular flexibility index (Phi) is 4.03. The third-order valence-corrected chi connectivity index (χ3v) is 4.86. The molecule has 0 amide bonds. The van der Waals surface area contributed by atoms with Crippen LogP contribution in [0.15, 0.2) is 0 Å². The molecule has 0 fully saturated rings. The van der Waals surface area contributed by atoms with E-state index in [1.54, 1.807) is 0 Å². The van der Waals surface area contributed by atoms with Crippen LogP contribution in [0.3, 0.4) is 0 Å². The van der Waals surface area contributed by atoms with E-state index in [9.17, 15) is 9.46 Å². The predicted molar refractivity (Wildman–Crippen MR) is 26.9 cm³/mol. The van der Waals surface area contributed by atoms with Gasteiger partial charge in [-0.1, -0.05) is 0 Å². The van der Waals surface area contributed by atoms with Crippen LogP contribution in [0.5, 0.6) is 0 Å². The predicted octanol–water partition coefficient (Wildman–Crippen LogP) is -2.95. The van der Waals surface area contributed by atoms with E-state index in [1.807, 2.05) is 0 Å². The summed E-state index contributed by atoms with van der Waals surface area (Å²) in [6.07, 6.45) is 0. The summed E-state index contributed by atoms with van der Waals surface area (Å²) >= 11 is -1.63. The van der Waals surface area contributed by atoms with Crippen LogP contribution < -0.4 is 4.89 Å². The van der Waals surface area contributed by atoms with Gasteiger partial charge in [0.25, 0.3) is 0 Å². The van der Waals surface area contributed by atoms with Crippen LogP contribution in [-0.4, -0.2) is 39.1 Å². The molecule has 0 bridgehead atoms. The Labute approximate surface area is 59.1 Å². The summed E-state index contributed by atoms with van der Waals surface area (Å²) in [5.41, 5.74) is 0. The van der Waals surface area contributed by atoms with Crippen molar-refractivity contribution >= 4 is 31.3 Å². The first kappa shape index (κ1) is 9.68. The Bertz CT molecular complexity index is 106. The molecule has 6 nitrogen and oxygen atoms in total. The second-order valence-electron chi connectivity index (χ2n) is 0.985. The van der Waals surface area contributed by atoms with Crippen LogP contribution in [-0.2, 0) is 7.98 Å². The van der Waals surface area contributed by atoms with Gasteiger partial charge in [-0.2, -0.15) is 0 Å². The standard InChI is InChI=1S/AsH3O6PSi/c2-8(3)1-7-9(4,5)6/h4-6H. The Morgan fingerprint density at radius 3 is 2.11 bits per heavy atom. The fourth-order valence-electron chi connectivity index (χ4n) is 0.0881. The van der Waals surface area contributed by atoms with E-state index in [-0.39, 0.29) is 0 Å². The Morgan fingerprint density at radius 2 is 2.00 bits per heavy atom. The van der Waals surface area contributed by atoms with Crippen molar-refractivity contribution in [1.29, 1.82) is 0 Å². The number of hydrogen-bond acceptors (Lipinski definition) is 6. The molecule has 53 valence electrons. The molecule has 0 aromatic heterocycles. The van der Waals surface area contributed by atoms with E-state index in [0.29, 0.717) is 0 Å². The summed E-state index contributed by atoms with van der Waals surface area (Å²) in [6.45, 7) is -2.74. The molecule has 0 spiro atoms. The SMILES string of the molecule is O=[P+]([O-])[As]O[Si](O)(O)O. The van der Waals surface area contributed by atoms with Gasteiger partial charge in [-0.3, -0.25) is 0 Å². The molecule has 9 heavy (non-hydrogen) atoms. The van der Waals surface area contributed by atoms with Gasteiger partial charge in [-0.05, 0) is 0 Å². The van der Waals surface area contributed by atoms with Crippen molar-refractivity contribution in [3.8, 4) is 0 Å². The second kappa shape index (κ2) is 3.75. The van der Waals surface area contributed by atoms with E-state index < -0.39 is 31.3 Å². The van der Waals surface area contributed by atoms with Gasteiger partial charge in [0, 0.05) is 0 Å². The molecule has 0 heterocycles. The third-order valence-electron chi connectivity index (χ3n) is 0.230. The molecule has 0 rings (SSSR count). The van der Waals surface area contributed by atoms with Gasteiger partial charge in [0.15, 0.2) is 0 Å². The van der Waals surface area contributed by atoms with Gasteiger partial charge in [-0.15, -0.1) is 0 Å².